The summed E-state index contributed by atoms with van der Waals surface area (Å²) in [6.07, 6.45) is 3.59. The van der Waals surface area contributed by atoms with Gasteiger partial charge < -0.3 is 15.3 Å². The number of urea groups is 1. The lowest BCUT2D eigenvalue weighted by Gasteiger charge is -2.28. The molecule has 0 spiro atoms. The number of hydrogen-bond donors (Lipinski definition) is 2. The van der Waals surface area contributed by atoms with Crippen LogP contribution in [0.1, 0.15) is 31.2 Å². The van der Waals surface area contributed by atoms with Gasteiger partial charge in [-0.1, -0.05) is 17.7 Å². The Morgan fingerprint density at radius 1 is 1.21 bits per heavy atom. The van der Waals surface area contributed by atoms with Crippen molar-refractivity contribution in [3.8, 4) is 0 Å². The number of rotatable bonds is 5. The van der Waals surface area contributed by atoms with Crippen LogP contribution in [0, 0.1) is 11.6 Å². The molecule has 130 valence electrons. The SMILES string of the molecule is O=C(O)CCCNC(=O)N1CCC(=Cc2ccc(F)c(F)c2)CC1. The quantitative estimate of drug-likeness (QED) is 0.811. The molecule has 0 bridgehead atoms. The molecule has 1 aromatic rings. The summed E-state index contributed by atoms with van der Waals surface area (Å²) in [7, 11) is 0. The first-order valence-corrected chi connectivity index (χ1v) is 7.85. The molecule has 1 aliphatic heterocycles. The van der Waals surface area contributed by atoms with Gasteiger partial charge in [-0.15, -0.1) is 0 Å². The third kappa shape index (κ3) is 5.33. The number of nitrogens with zero attached hydrogens (tertiary/aromatic N) is 1. The normalized spacial score (nSPS) is 14.4. The Hall–Kier alpha value is -2.44. The number of benzene rings is 1. The van der Waals surface area contributed by atoms with Crippen molar-refractivity contribution in [2.24, 2.45) is 0 Å². The van der Waals surface area contributed by atoms with Gasteiger partial charge >= 0.3 is 12.0 Å². The number of aliphatic carboxylic acids is 1. The standard InChI is InChI=1S/C17H20F2N2O3/c18-14-4-3-13(11-15(14)19)10-12-5-8-21(9-6-12)17(24)20-7-1-2-16(22)23/h3-4,10-11H,1-2,5-9H2,(H,20,24)(H,22,23). The molecule has 5 nitrogen and oxygen atoms in total. The number of carbonyl (C=O) groups excluding carboxylic acids is 1. The fraction of sp³-hybridized carbons (Fsp3) is 0.412. The zero-order valence-corrected chi connectivity index (χ0v) is 13.2. The first-order chi connectivity index (χ1) is 11.5. The molecule has 2 amide bonds. The molecule has 1 aliphatic rings. The van der Waals surface area contributed by atoms with E-state index in [-0.39, 0.29) is 12.5 Å². The van der Waals surface area contributed by atoms with Gasteiger partial charge in [-0.3, -0.25) is 4.79 Å². The zero-order chi connectivity index (χ0) is 17.5. The van der Waals surface area contributed by atoms with E-state index in [4.69, 9.17) is 5.11 Å². The maximum Gasteiger partial charge on any atom is 0.317 e. The van der Waals surface area contributed by atoms with Crippen molar-refractivity contribution in [3.05, 3.63) is 41.0 Å². The van der Waals surface area contributed by atoms with Crippen LogP contribution in [-0.4, -0.2) is 41.6 Å². The average Bonchev–Trinajstić information content (AvgIpc) is 2.55. The molecule has 0 atom stereocenters. The fourth-order valence-electron chi connectivity index (χ4n) is 2.53. The summed E-state index contributed by atoms with van der Waals surface area (Å²) in [5.41, 5.74) is 1.69. The van der Waals surface area contributed by atoms with E-state index in [1.165, 1.54) is 6.07 Å². The monoisotopic (exact) mass is 338 g/mol. The van der Waals surface area contributed by atoms with Crippen LogP contribution in [-0.2, 0) is 4.79 Å². The Morgan fingerprint density at radius 2 is 1.92 bits per heavy atom. The summed E-state index contributed by atoms with van der Waals surface area (Å²) in [5, 5.41) is 11.2. The van der Waals surface area contributed by atoms with E-state index in [0.717, 1.165) is 17.7 Å². The van der Waals surface area contributed by atoms with Gasteiger partial charge in [0.25, 0.3) is 0 Å². The Kier molecular flexibility index (Phi) is 6.28. The van der Waals surface area contributed by atoms with Crippen molar-refractivity contribution in [1.29, 1.82) is 0 Å². The number of hydrogen-bond acceptors (Lipinski definition) is 2. The second kappa shape index (κ2) is 8.42. The first kappa shape index (κ1) is 17.9. The molecule has 1 aromatic carbocycles. The number of piperidine rings is 1. The van der Waals surface area contributed by atoms with Gasteiger partial charge in [0.05, 0.1) is 0 Å². The van der Waals surface area contributed by atoms with E-state index in [2.05, 4.69) is 5.32 Å². The number of likely N-dealkylation sites (tertiary alicyclic amines) is 1. The van der Waals surface area contributed by atoms with Crippen molar-refractivity contribution in [1.82, 2.24) is 10.2 Å². The lowest BCUT2D eigenvalue weighted by Crippen LogP contribution is -2.43. The number of carboxylic acids is 1. The van der Waals surface area contributed by atoms with Crippen LogP contribution in [0.5, 0.6) is 0 Å². The molecule has 1 saturated heterocycles. The molecule has 0 saturated carbocycles. The summed E-state index contributed by atoms with van der Waals surface area (Å²) >= 11 is 0. The topological polar surface area (TPSA) is 69.6 Å². The van der Waals surface area contributed by atoms with Crippen LogP contribution in [0.15, 0.2) is 23.8 Å². The highest BCUT2D eigenvalue weighted by atomic mass is 19.2. The Labute approximate surface area is 139 Å². The molecular formula is C17H20F2N2O3. The molecule has 1 fully saturated rings. The number of carbonyl (C=O) groups is 2. The van der Waals surface area contributed by atoms with Gasteiger partial charge in [0.1, 0.15) is 0 Å². The number of amides is 2. The molecule has 2 N–H and O–H groups in total. The summed E-state index contributed by atoms with van der Waals surface area (Å²) in [4.78, 5) is 24.0. The Balaban J connectivity index is 1.80. The predicted octanol–water partition coefficient (Wildman–Crippen LogP) is 3.02. The highest BCUT2D eigenvalue weighted by molar-refractivity contribution is 5.74. The predicted molar refractivity (Wildman–Crippen MR) is 85.4 cm³/mol. The van der Waals surface area contributed by atoms with E-state index in [1.807, 2.05) is 6.08 Å². The molecular weight excluding hydrogens is 318 g/mol. The average molecular weight is 338 g/mol. The van der Waals surface area contributed by atoms with Crippen LogP contribution in [0.3, 0.4) is 0 Å². The van der Waals surface area contributed by atoms with Crippen LogP contribution in [0.4, 0.5) is 13.6 Å². The van der Waals surface area contributed by atoms with Gasteiger partial charge in [0, 0.05) is 26.1 Å². The molecule has 24 heavy (non-hydrogen) atoms. The minimum atomic E-state index is -0.880. The highest BCUT2D eigenvalue weighted by Gasteiger charge is 2.18. The van der Waals surface area contributed by atoms with Crippen molar-refractivity contribution in [2.75, 3.05) is 19.6 Å². The summed E-state index contributed by atoms with van der Waals surface area (Å²) in [5.74, 6) is -2.62. The van der Waals surface area contributed by atoms with Gasteiger partial charge in [0.15, 0.2) is 11.6 Å². The Bertz CT molecular complexity index is 637. The molecule has 2 rings (SSSR count). The third-order valence-electron chi connectivity index (χ3n) is 3.85. The second-order valence-electron chi connectivity index (χ2n) is 5.69. The lowest BCUT2D eigenvalue weighted by atomic mass is 10.0. The lowest BCUT2D eigenvalue weighted by molar-refractivity contribution is -0.137. The van der Waals surface area contributed by atoms with E-state index in [0.29, 0.717) is 44.5 Å². The van der Waals surface area contributed by atoms with Crippen LogP contribution >= 0.6 is 0 Å². The minimum Gasteiger partial charge on any atom is -0.481 e. The summed E-state index contributed by atoms with van der Waals surface area (Å²) in [6.45, 7) is 1.42. The highest BCUT2D eigenvalue weighted by Crippen LogP contribution is 2.20. The van der Waals surface area contributed by atoms with E-state index in [1.54, 1.807) is 4.90 Å². The fourth-order valence-corrected chi connectivity index (χ4v) is 2.53. The zero-order valence-electron chi connectivity index (χ0n) is 13.2. The number of halogens is 2. The van der Waals surface area contributed by atoms with Crippen LogP contribution in [0.2, 0.25) is 0 Å². The first-order valence-electron chi connectivity index (χ1n) is 7.85. The largest absolute Gasteiger partial charge is 0.481 e. The van der Waals surface area contributed by atoms with Gasteiger partial charge in [-0.2, -0.15) is 0 Å². The van der Waals surface area contributed by atoms with Gasteiger partial charge in [-0.25, -0.2) is 13.6 Å². The molecule has 0 radical (unpaired) electrons. The maximum absolute atomic E-state index is 13.2. The van der Waals surface area contributed by atoms with Gasteiger partial charge in [-0.05, 0) is 37.0 Å². The smallest absolute Gasteiger partial charge is 0.317 e. The number of carboxylic acid groups (broad SMARTS) is 1. The van der Waals surface area contributed by atoms with Crippen molar-refractivity contribution in [2.45, 2.75) is 25.7 Å². The van der Waals surface area contributed by atoms with E-state index < -0.39 is 17.6 Å². The van der Waals surface area contributed by atoms with Crippen molar-refractivity contribution < 1.29 is 23.5 Å². The van der Waals surface area contributed by atoms with Crippen LogP contribution < -0.4 is 5.32 Å². The maximum atomic E-state index is 13.2. The molecule has 0 aliphatic carbocycles. The van der Waals surface area contributed by atoms with E-state index >= 15 is 0 Å². The summed E-state index contributed by atoms with van der Waals surface area (Å²) < 4.78 is 26.1. The summed E-state index contributed by atoms with van der Waals surface area (Å²) in [6, 6.07) is 3.57. The molecule has 0 aromatic heterocycles. The third-order valence-corrected chi connectivity index (χ3v) is 3.85. The van der Waals surface area contributed by atoms with Crippen molar-refractivity contribution in [3.63, 3.8) is 0 Å². The molecule has 7 heteroatoms. The molecule has 1 heterocycles. The van der Waals surface area contributed by atoms with E-state index in [9.17, 15) is 18.4 Å². The van der Waals surface area contributed by atoms with Crippen LogP contribution in [0.25, 0.3) is 6.08 Å². The molecule has 0 unspecified atom stereocenters. The Morgan fingerprint density at radius 3 is 2.54 bits per heavy atom. The van der Waals surface area contributed by atoms with Crippen molar-refractivity contribution >= 4 is 18.1 Å². The minimum absolute atomic E-state index is 0.0292. The second-order valence-corrected chi connectivity index (χ2v) is 5.69. The van der Waals surface area contributed by atoms with Gasteiger partial charge in [0.2, 0.25) is 0 Å². The number of nitrogens with one attached hydrogen (secondary N) is 1.